The summed E-state index contributed by atoms with van der Waals surface area (Å²) in [6, 6.07) is 5.55. The fourth-order valence-corrected chi connectivity index (χ4v) is 3.78. The Hall–Kier alpha value is -4.88. The van der Waals surface area contributed by atoms with Crippen LogP contribution in [-0.4, -0.2) is 60.4 Å². The summed E-state index contributed by atoms with van der Waals surface area (Å²) in [5.74, 6) is -2.85. The second-order valence-corrected chi connectivity index (χ2v) is 12.7. The van der Waals surface area contributed by atoms with E-state index in [9.17, 15) is 24.0 Å². The number of H-pyrrole nitrogens is 1. The Labute approximate surface area is 268 Å². The van der Waals surface area contributed by atoms with Crippen molar-refractivity contribution in [3.63, 3.8) is 0 Å². The molecule has 0 saturated carbocycles. The fraction of sp³-hybridized carbons (Fsp3) is 0.500. The second kappa shape index (κ2) is 16.4. The lowest BCUT2D eigenvalue weighted by Crippen LogP contribution is -2.42. The van der Waals surface area contributed by atoms with Crippen LogP contribution in [0.4, 0.5) is 5.82 Å². The van der Waals surface area contributed by atoms with E-state index in [1.165, 1.54) is 0 Å². The number of nitrogens with one attached hydrogen (secondary N) is 2. The highest BCUT2D eigenvalue weighted by molar-refractivity contribution is 5.97. The molecule has 0 unspecified atom stereocenters. The van der Waals surface area contributed by atoms with Gasteiger partial charge in [0.1, 0.15) is 11.9 Å². The van der Waals surface area contributed by atoms with Gasteiger partial charge in [0.25, 0.3) is 5.91 Å². The van der Waals surface area contributed by atoms with Crippen molar-refractivity contribution in [1.29, 1.82) is 0 Å². The van der Waals surface area contributed by atoms with Gasteiger partial charge < -0.3 is 40.7 Å². The lowest BCUT2D eigenvalue weighted by molar-refractivity contribution is -0.174. The first-order chi connectivity index (χ1) is 21.4. The van der Waals surface area contributed by atoms with Crippen LogP contribution in [0.15, 0.2) is 35.5 Å². The molecule has 1 heterocycles. The van der Waals surface area contributed by atoms with Crippen molar-refractivity contribution in [2.75, 3.05) is 13.6 Å². The molecule has 2 rings (SSSR count). The number of hydrogen-bond donors (Lipinski definition) is 4. The molecule has 1 atom stereocenters. The zero-order chi connectivity index (χ0) is 34.7. The summed E-state index contributed by atoms with van der Waals surface area (Å²) in [4.78, 5) is 69.2. The molecular weight excluding hydrogens is 598 g/mol. The Morgan fingerprint density at radius 2 is 1.41 bits per heavy atom. The summed E-state index contributed by atoms with van der Waals surface area (Å²) in [7, 11) is 0. The highest BCUT2D eigenvalue weighted by atomic mass is 16.7. The molecule has 14 nitrogen and oxygen atoms in total. The van der Waals surface area contributed by atoms with E-state index in [1.807, 2.05) is 13.1 Å². The van der Waals surface area contributed by atoms with Crippen LogP contribution in [0, 0.1) is 17.8 Å². The molecule has 1 aromatic heterocycles. The number of carbonyl (C=O) groups is 5. The molecule has 0 spiro atoms. The molecule has 0 radical (unpaired) electrons. The number of nitrogens with two attached hydrogens (primary N) is 2. The smallest absolute Gasteiger partial charge is 0.331 e. The molecule has 252 valence electrons. The Bertz CT molecular complexity index is 1410. The van der Waals surface area contributed by atoms with Gasteiger partial charge in [-0.15, -0.1) is 0 Å². The van der Waals surface area contributed by atoms with Gasteiger partial charge in [-0.25, -0.2) is 4.79 Å². The van der Waals surface area contributed by atoms with E-state index < -0.39 is 60.2 Å². The van der Waals surface area contributed by atoms with E-state index in [0.29, 0.717) is 18.7 Å². The molecule has 2 aromatic rings. The molecule has 0 fully saturated rings. The number of aromatic nitrogens is 1. The number of nitrogens with zero attached hydrogens (tertiary/aromatic N) is 1. The predicted octanol–water partition coefficient (Wildman–Crippen LogP) is 3.07. The lowest BCUT2D eigenvalue weighted by atomic mass is 9.97. The molecule has 14 heteroatoms. The summed E-state index contributed by atoms with van der Waals surface area (Å²) >= 11 is 0. The predicted molar refractivity (Wildman–Crippen MR) is 168 cm³/mol. The standard InChI is InChI=1S/C32H45N5O9/c1-19-22(16-35-25(19)37-30(33)34)13-10-20-8-11-21(12-9-20)26(39)36-23(27(40)44-18-46-29(42)32(5,6)7)14-15-24(38)43-17-45-28(41)31(2,3)4/h8-9,11-12,16,23,35H,10,13-15,17-18H2,1-7H3,(H,36,39)(H4,33,34,37)/t23-/m0/s1. The maximum absolute atomic E-state index is 13.1. The molecular formula is C32H45N5O9. The van der Waals surface area contributed by atoms with Gasteiger partial charge in [0.15, 0.2) is 5.96 Å². The highest BCUT2D eigenvalue weighted by Crippen LogP contribution is 2.22. The number of esters is 4. The highest BCUT2D eigenvalue weighted by Gasteiger charge is 2.27. The Morgan fingerprint density at radius 3 is 1.96 bits per heavy atom. The van der Waals surface area contributed by atoms with Crippen LogP contribution in [0.1, 0.15) is 81.4 Å². The van der Waals surface area contributed by atoms with Gasteiger partial charge in [-0.1, -0.05) is 12.1 Å². The van der Waals surface area contributed by atoms with Crippen molar-refractivity contribution in [2.45, 2.75) is 80.2 Å². The first-order valence-corrected chi connectivity index (χ1v) is 14.7. The molecule has 0 bridgehead atoms. The first kappa shape index (κ1) is 37.3. The van der Waals surface area contributed by atoms with Crippen LogP contribution in [0.25, 0.3) is 0 Å². The Morgan fingerprint density at radius 1 is 0.848 bits per heavy atom. The van der Waals surface area contributed by atoms with Gasteiger partial charge in [0, 0.05) is 18.2 Å². The minimum atomic E-state index is -1.28. The number of rotatable bonds is 14. The number of aromatic amines is 1. The number of carbonyl (C=O) groups excluding carboxylic acids is 5. The number of amides is 1. The third kappa shape index (κ3) is 12.3. The summed E-state index contributed by atoms with van der Waals surface area (Å²) in [5, 5.41) is 2.57. The quantitative estimate of drug-likeness (QED) is 0.102. The van der Waals surface area contributed by atoms with E-state index in [1.54, 1.807) is 65.8 Å². The van der Waals surface area contributed by atoms with E-state index in [0.717, 1.165) is 16.7 Å². The van der Waals surface area contributed by atoms with Crippen molar-refractivity contribution in [1.82, 2.24) is 10.3 Å². The van der Waals surface area contributed by atoms with Crippen molar-refractivity contribution in [3.05, 3.63) is 52.7 Å². The average Bonchev–Trinajstić information content (AvgIpc) is 3.30. The largest absolute Gasteiger partial charge is 0.428 e. The molecule has 0 aliphatic heterocycles. The van der Waals surface area contributed by atoms with Crippen LogP contribution in [0.2, 0.25) is 0 Å². The van der Waals surface area contributed by atoms with Crippen molar-refractivity contribution >= 4 is 41.6 Å². The summed E-state index contributed by atoms with van der Waals surface area (Å²) in [6.07, 6.45) is 2.72. The fourth-order valence-electron chi connectivity index (χ4n) is 3.78. The molecule has 46 heavy (non-hydrogen) atoms. The van der Waals surface area contributed by atoms with Gasteiger partial charge in [0.05, 0.1) is 10.8 Å². The second-order valence-electron chi connectivity index (χ2n) is 12.7. The number of hydrogen-bond acceptors (Lipinski definition) is 10. The Balaban J connectivity index is 2.02. The number of aryl methyl sites for hydroxylation is 2. The zero-order valence-electron chi connectivity index (χ0n) is 27.5. The minimum absolute atomic E-state index is 0.0383. The maximum Gasteiger partial charge on any atom is 0.331 e. The van der Waals surface area contributed by atoms with E-state index >= 15 is 0 Å². The summed E-state index contributed by atoms with van der Waals surface area (Å²) in [5.41, 5.74) is 12.5. The van der Waals surface area contributed by atoms with Crippen molar-refractivity contribution in [2.24, 2.45) is 27.3 Å². The average molecular weight is 644 g/mol. The number of ether oxygens (including phenoxy) is 4. The van der Waals surface area contributed by atoms with Gasteiger partial charge in [-0.3, -0.25) is 19.2 Å². The van der Waals surface area contributed by atoms with Gasteiger partial charge in [0.2, 0.25) is 13.6 Å². The third-order valence-corrected chi connectivity index (χ3v) is 6.61. The SMILES string of the molecule is Cc1c(CCc2ccc(C(=O)N[C@@H](CCC(=O)OCOC(=O)C(C)(C)C)C(=O)OCOC(=O)C(C)(C)C)cc2)c[nH]c1N=C(N)N. The van der Waals surface area contributed by atoms with Crippen LogP contribution < -0.4 is 16.8 Å². The normalized spacial score (nSPS) is 12.0. The number of benzene rings is 1. The molecule has 1 aromatic carbocycles. The Kier molecular flexibility index (Phi) is 13.3. The molecule has 1 amide bonds. The lowest BCUT2D eigenvalue weighted by Gasteiger charge is -2.20. The number of aliphatic imine (C=N–C) groups is 1. The summed E-state index contributed by atoms with van der Waals surface area (Å²) in [6.45, 7) is 10.5. The molecule has 0 aliphatic rings. The van der Waals surface area contributed by atoms with E-state index in [-0.39, 0.29) is 24.4 Å². The summed E-state index contributed by atoms with van der Waals surface area (Å²) < 4.78 is 19.9. The maximum atomic E-state index is 13.1. The van der Waals surface area contributed by atoms with Crippen LogP contribution >= 0.6 is 0 Å². The molecule has 0 aliphatic carbocycles. The van der Waals surface area contributed by atoms with Gasteiger partial charge >= 0.3 is 23.9 Å². The molecule has 6 N–H and O–H groups in total. The van der Waals surface area contributed by atoms with Gasteiger partial charge in [-0.2, -0.15) is 4.99 Å². The van der Waals surface area contributed by atoms with E-state index in [4.69, 9.17) is 30.4 Å². The van der Waals surface area contributed by atoms with Crippen molar-refractivity contribution in [3.8, 4) is 0 Å². The topological polar surface area (TPSA) is 214 Å². The monoisotopic (exact) mass is 643 g/mol. The number of guanidine groups is 1. The van der Waals surface area contributed by atoms with Crippen LogP contribution in [-0.2, 0) is 51.0 Å². The van der Waals surface area contributed by atoms with Crippen LogP contribution in [0.3, 0.4) is 0 Å². The van der Waals surface area contributed by atoms with E-state index in [2.05, 4.69) is 15.3 Å². The van der Waals surface area contributed by atoms with Gasteiger partial charge in [-0.05, 0) is 96.6 Å². The first-order valence-electron chi connectivity index (χ1n) is 14.7. The molecule has 0 saturated heterocycles. The van der Waals surface area contributed by atoms with Crippen molar-refractivity contribution < 1.29 is 42.9 Å². The zero-order valence-corrected chi connectivity index (χ0v) is 27.5. The van der Waals surface area contributed by atoms with Crippen LogP contribution in [0.5, 0.6) is 0 Å². The third-order valence-electron chi connectivity index (χ3n) is 6.61. The minimum Gasteiger partial charge on any atom is -0.428 e.